The number of hydrogen-bond acceptors (Lipinski definition) is 21. The minimum atomic E-state index is -1.83. The van der Waals surface area contributed by atoms with E-state index in [-0.39, 0.29) is 44.6 Å². The summed E-state index contributed by atoms with van der Waals surface area (Å²) in [4.78, 5) is 78.4. The molecule has 1 aliphatic rings. The van der Waals surface area contributed by atoms with Crippen molar-refractivity contribution in [1.29, 1.82) is 0 Å². The van der Waals surface area contributed by atoms with Gasteiger partial charge in [0.05, 0.1) is 53.6 Å². The van der Waals surface area contributed by atoms with Crippen LogP contribution >= 0.6 is 22.9 Å². The molecule has 5 aromatic carbocycles. The maximum Gasteiger partial charge on any atom is 0.410 e. The number of aromatic nitrogens is 4. The molecule has 0 spiro atoms. The number of carboxylic acid groups (broad SMARTS) is 1. The van der Waals surface area contributed by atoms with Gasteiger partial charge in [-0.15, -0.1) is 11.3 Å². The van der Waals surface area contributed by atoms with E-state index in [1.165, 1.54) is 36.7 Å². The van der Waals surface area contributed by atoms with E-state index < -0.39 is 78.8 Å². The molecule has 510 valence electrons. The molecule has 4 heterocycles. The molecule has 8 aromatic rings. The van der Waals surface area contributed by atoms with E-state index in [2.05, 4.69) is 45.8 Å². The molecule has 3 amide bonds. The highest BCUT2D eigenvalue weighted by atomic mass is 35.5. The van der Waals surface area contributed by atoms with Crippen molar-refractivity contribution < 1.29 is 72.8 Å². The summed E-state index contributed by atoms with van der Waals surface area (Å²) in [5.74, 6) is -1.20. The predicted octanol–water partition coefficient (Wildman–Crippen LogP) is 8.39. The molecule has 0 saturated carbocycles. The minimum Gasteiger partial charge on any atom is -0.496 e. The van der Waals surface area contributed by atoms with E-state index in [0.717, 1.165) is 0 Å². The van der Waals surface area contributed by atoms with Gasteiger partial charge in [-0.3, -0.25) is 14.5 Å². The minimum absolute atomic E-state index is 0.00705. The number of fused-ring (bicyclic) bond motifs is 1. The molecular weight excluding hydrogens is 1300 g/mol. The number of aliphatic hydroxyl groups is 4. The summed E-state index contributed by atoms with van der Waals surface area (Å²) in [5.41, 5.74) is 13.9. The second kappa shape index (κ2) is 33.9. The Morgan fingerprint density at radius 1 is 0.804 bits per heavy atom. The average Bonchev–Trinajstić information content (AvgIpc) is 1.61. The second-order valence-electron chi connectivity index (χ2n) is 23.1. The van der Waals surface area contributed by atoms with Gasteiger partial charge < -0.3 is 70.1 Å². The van der Waals surface area contributed by atoms with Gasteiger partial charge >= 0.3 is 12.1 Å². The van der Waals surface area contributed by atoms with Crippen molar-refractivity contribution in [2.24, 2.45) is 11.0 Å². The highest BCUT2D eigenvalue weighted by Crippen LogP contribution is 2.49. The number of amides is 3. The van der Waals surface area contributed by atoms with Crippen molar-refractivity contribution in [2.75, 3.05) is 64.8 Å². The van der Waals surface area contributed by atoms with Gasteiger partial charge in [-0.05, 0) is 108 Å². The number of azide groups is 1. The number of carbonyl (C=O) groups excluding carboxylic acids is 3. The molecule has 0 bridgehead atoms. The summed E-state index contributed by atoms with van der Waals surface area (Å²) in [7, 11) is 1.58. The Hall–Kier alpha value is -9.61. The van der Waals surface area contributed by atoms with Crippen LogP contribution in [0, 0.1) is 18.7 Å². The number of rotatable bonds is 31. The van der Waals surface area contributed by atoms with Gasteiger partial charge in [0.15, 0.2) is 5.82 Å². The first-order valence-electron chi connectivity index (χ1n) is 31.0. The molecule has 7 atom stereocenters. The van der Waals surface area contributed by atoms with Crippen molar-refractivity contribution in [2.45, 2.75) is 89.9 Å². The maximum absolute atomic E-state index is 14.4. The molecular formula is C68H74ClFN12O14S. The van der Waals surface area contributed by atoms with Crippen LogP contribution in [0.2, 0.25) is 5.02 Å². The van der Waals surface area contributed by atoms with Crippen LogP contribution < -0.4 is 34.9 Å². The summed E-state index contributed by atoms with van der Waals surface area (Å²) in [6, 6.07) is 30.5. The Morgan fingerprint density at radius 3 is 2.23 bits per heavy atom. The smallest absolute Gasteiger partial charge is 0.410 e. The Labute approximate surface area is 566 Å². The van der Waals surface area contributed by atoms with E-state index in [1.807, 2.05) is 37.3 Å². The third-order valence-corrected chi connectivity index (χ3v) is 17.7. The normalized spacial score (nSPS) is 14.7. The lowest BCUT2D eigenvalue weighted by Crippen LogP contribution is -2.55. The van der Waals surface area contributed by atoms with E-state index in [1.54, 1.807) is 105 Å². The molecule has 3 aromatic heterocycles. The van der Waals surface area contributed by atoms with Crippen LogP contribution in [-0.4, -0.2) is 181 Å². The van der Waals surface area contributed by atoms with Gasteiger partial charge in [0, 0.05) is 72.9 Å². The molecule has 0 radical (unpaired) electrons. The van der Waals surface area contributed by atoms with Crippen LogP contribution in [-0.2, 0) is 38.8 Å². The van der Waals surface area contributed by atoms with Crippen molar-refractivity contribution in [3.63, 3.8) is 0 Å². The zero-order valence-corrected chi connectivity index (χ0v) is 55.2. The van der Waals surface area contributed by atoms with Gasteiger partial charge in [-0.25, -0.2) is 33.9 Å². The van der Waals surface area contributed by atoms with Gasteiger partial charge in [-0.1, -0.05) is 91.2 Å². The van der Waals surface area contributed by atoms with Crippen LogP contribution in [0.1, 0.15) is 43.2 Å². The number of hydrogen-bond donors (Lipinski definition) is 8. The highest BCUT2D eigenvalue weighted by molar-refractivity contribution is 7.22. The summed E-state index contributed by atoms with van der Waals surface area (Å²) >= 11 is 8.47. The van der Waals surface area contributed by atoms with Crippen molar-refractivity contribution in [3.05, 3.63) is 171 Å². The number of nitrogens with one attached hydrogen (secondary N) is 3. The topological polar surface area (TPSA) is 358 Å². The van der Waals surface area contributed by atoms with Crippen molar-refractivity contribution in [1.82, 2.24) is 40.4 Å². The Bertz CT molecular complexity index is 4090. The number of carbonyl (C=O) groups is 4. The van der Waals surface area contributed by atoms with E-state index >= 15 is 0 Å². The number of benzene rings is 5. The van der Waals surface area contributed by atoms with Gasteiger partial charge in [0.1, 0.15) is 72.3 Å². The lowest BCUT2D eigenvalue weighted by Gasteiger charge is -2.34. The molecule has 1 saturated heterocycles. The van der Waals surface area contributed by atoms with Crippen LogP contribution in [0.25, 0.3) is 53.6 Å². The first-order chi connectivity index (χ1) is 46.7. The number of nitrogens with zero attached hydrogens (tertiary/aromatic N) is 9. The summed E-state index contributed by atoms with van der Waals surface area (Å²) < 4.78 is 44.6. The van der Waals surface area contributed by atoms with Crippen molar-refractivity contribution in [3.8, 4) is 56.1 Å². The summed E-state index contributed by atoms with van der Waals surface area (Å²) in [6.45, 7) is 8.57. The number of thiophene rings is 1. The first kappa shape index (κ1) is 71.7. The number of aliphatic hydroxyl groups excluding tert-OH is 4. The first-order valence-corrected chi connectivity index (χ1v) is 32.2. The van der Waals surface area contributed by atoms with E-state index in [9.17, 15) is 49.1 Å². The maximum atomic E-state index is 14.4. The third-order valence-electron chi connectivity index (χ3n) is 16.1. The molecule has 8 N–H and O–H groups in total. The number of aliphatic carboxylic acids is 1. The van der Waals surface area contributed by atoms with Gasteiger partial charge in [-0.2, -0.15) is 0 Å². The fourth-order valence-electron chi connectivity index (χ4n) is 10.7. The fraction of sp³-hybridized carbons (Fsp3) is 0.353. The molecule has 29 heteroatoms. The van der Waals surface area contributed by atoms with E-state index in [0.29, 0.717) is 126 Å². The van der Waals surface area contributed by atoms with Gasteiger partial charge in [0.25, 0.3) is 0 Å². The lowest BCUT2D eigenvalue weighted by molar-refractivity contribution is -0.145. The molecule has 0 unspecified atom stereocenters. The van der Waals surface area contributed by atoms with Crippen molar-refractivity contribution >= 4 is 62.7 Å². The fourth-order valence-corrected chi connectivity index (χ4v) is 12.0. The summed E-state index contributed by atoms with van der Waals surface area (Å²) in [5, 5.41) is 63.6. The molecule has 26 nitrogen and oxygen atoms in total. The number of carboxylic acids is 1. The summed E-state index contributed by atoms with van der Waals surface area (Å²) in [6.07, 6.45) is -6.04. The molecule has 1 aliphatic heterocycles. The average molecular weight is 1370 g/mol. The molecule has 9 rings (SSSR count). The van der Waals surface area contributed by atoms with Gasteiger partial charge in [0.2, 0.25) is 23.8 Å². The second-order valence-corrected chi connectivity index (χ2v) is 24.5. The van der Waals surface area contributed by atoms with E-state index in [4.69, 9.17) is 45.8 Å². The number of halogens is 2. The van der Waals surface area contributed by atoms with Crippen LogP contribution in [0.15, 0.2) is 133 Å². The molecule has 97 heavy (non-hydrogen) atoms. The predicted molar refractivity (Wildman–Crippen MR) is 360 cm³/mol. The molecule has 1 fully saturated rings. The number of piperazine rings is 1. The third kappa shape index (κ3) is 18.5. The Morgan fingerprint density at radius 2 is 1.52 bits per heavy atom. The number of anilines is 1. The number of para-hydroxylation sites is 2. The SMILES string of the molecule is COc1ccccc1-c1nccc(COc2ccccc2C[C@@H](Oc2ncnc3sc(-c4ccc(F)cc4)c(-c4ccc(OCCN5CCN(C(=O)OCc6ccc(NC(=O)[C@H](C)NC(=O)[C@@H](NC[C@H](O)[C@@H](O)[C@@H](O)[C@H](O)CN=[N+]=[N-])C(C)C)cc6)CC5)c(Cl)c4C)c23)C(=O)O)n1. The number of ether oxygens (including phenoxy) is 5. The lowest BCUT2D eigenvalue weighted by atomic mass is 9.96. The number of methoxy groups -OCH3 is 1. The zero-order valence-electron chi connectivity index (χ0n) is 53.6. The largest absolute Gasteiger partial charge is 0.496 e. The Kier molecular flexibility index (Phi) is 25.0. The monoisotopic (exact) mass is 1370 g/mol. The Balaban J connectivity index is 0.771. The quantitative estimate of drug-likeness (QED) is 0.0115. The standard InChI is InChI=1S/C68H74ClFN12O14S/c1-38(2)58(73-33-49(83)59(85)60(86)50(84)34-76-80-71)64(88)77-40(4)63(87)79-45-20-14-41(15-21-45)35-95-68(91)82-28-26-81(27-29-82)30-31-93-53-23-22-47(39(3)57(53)69)55-56-65(74-37-75-66(56)97-61(55)42-16-18-44(70)19-17-42)96-54(67(89)90)32-43-10-6-8-12-51(43)94-36-46-24-25-72-62(78-46)48-11-7-9-13-52(48)92-5/h6-25,37-38,40,49-50,54,58-60,73,83-86H,26-36H2,1-5H3,(H,77,88)(H,79,87)(H,89,90)/t40-,49-,50+,54+,58-,59+,60-/m0/s1. The zero-order chi connectivity index (χ0) is 69.3. The van der Waals surface area contributed by atoms with Crippen LogP contribution in [0.3, 0.4) is 0 Å². The highest BCUT2D eigenvalue weighted by Gasteiger charge is 2.34. The van der Waals surface area contributed by atoms with Crippen LogP contribution in [0.5, 0.6) is 23.1 Å². The molecule has 0 aliphatic carbocycles. The van der Waals surface area contributed by atoms with Crippen LogP contribution in [0.4, 0.5) is 14.9 Å².